The first-order chi connectivity index (χ1) is 16.6. The zero-order valence-electron chi connectivity index (χ0n) is 17.5. The van der Waals surface area contributed by atoms with E-state index in [0.29, 0.717) is 16.8 Å². The Morgan fingerprint density at radius 1 is 0.583 bits per heavy atom. The van der Waals surface area contributed by atoms with Gasteiger partial charge in [-0.05, 0) is 33.2 Å². The molecule has 0 saturated carbocycles. The molecule has 190 valence electrons. The van der Waals surface area contributed by atoms with Crippen LogP contribution in [0, 0.1) is 0 Å². The minimum absolute atomic E-state index is 0.0320. The van der Waals surface area contributed by atoms with Crippen LogP contribution in [0.2, 0.25) is 0 Å². The number of halogens is 6. The average Bonchev–Trinajstić information content (AvgIpc) is 2.77. The van der Waals surface area contributed by atoms with Gasteiger partial charge in [-0.2, -0.15) is 43.2 Å². The molecule has 4 aromatic carbocycles. The van der Waals surface area contributed by atoms with Crippen LogP contribution in [0.15, 0.2) is 72.8 Å². The van der Waals surface area contributed by atoms with Crippen molar-refractivity contribution >= 4 is 41.8 Å². The maximum absolute atomic E-state index is 13.2. The standard InChI is InChI=1S/C22H12F6O6S2/c23-21(24,25)35(29,30)33-18-12-14-7-2-4-10-16(14)19(20(18)34-36(31,32)22(26,27)28)17-11-5-8-13-6-1-3-9-15(13)17/h1-12H. The highest BCUT2D eigenvalue weighted by atomic mass is 32.2. The van der Waals surface area contributed by atoms with Gasteiger partial charge in [0.2, 0.25) is 0 Å². The predicted octanol–water partition coefficient (Wildman–Crippen LogP) is 6.12. The summed E-state index contributed by atoms with van der Waals surface area (Å²) in [6.07, 6.45) is 0. The van der Waals surface area contributed by atoms with E-state index in [1.165, 1.54) is 42.5 Å². The number of benzene rings is 4. The molecule has 4 aromatic rings. The lowest BCUT2D eigenvalue weighted by Crippen LogP contribution is -2.30. The summed E-state index contributed by atoms with van der Waals surface area (Å²) in [6, 6.07) is 17.0. The third-order valence-corrected chi connectivity index (χ3v) is 6.90. The van der Waals surface area contributed by atoms with E-state index in [1.54, 1.807) is 24.3 Å². The van der Waals surface area contributed by atoms with E-state index in [9.17, 15) is 43.2 Å². The maximum atomic E-state index is 13.2. The summed E-state index contributed by atoms with van der Waals surface area (Å²) in [5.74, 6) is -2.78. The van der Waals surface area contributed by atoms with E-state index in [2.05, 4.69) is 8.37 Å². The zero-order valence-corrected chi connectivity index (χ0v) is 19.1. The molecule has 0 aliphatic rings. The molecule has 6 nitrogen and oxygen atoms in total. The second-order valence-corrected chi connectivity index (χ2v) is 10.4. The van der Waals surface area contributed by atoms with E-state index < -0.39 is 48.3 Å². The van der Waals surface area contributed by atoms with Crippen LogP contribution in [-0.2, 0) is 20.2 Å². The van der Waals surface area contributed by atoms with Gasteiger partial charge in [-0.15, -0.1) is 0 Å². The lowest BCUT2D eigenvalue weighted by molar-refractivity contribution is -0.0512. The fourth-order valence-electron chi connectivity index (χ4n) is 3.48. The smallest absolute Gasteiger partial charge is 0.372 e. The summed E-state index contributed by atoms with van der Waals surface area (Å²) in [5.41, 5.74) is -12.3. The molecule has 0 saturated heterocycles. The molecule has 0 amide bonds. The Hall–Kier alpha value is -3.52. The molecule has 0 N–H and O–H groups in total. The topological polar surface area (TPSA) is 86.7 Å². The van der Waals surface area contributed by atoms with E-state index in [4.69, 9.17) is 0 Å². The van der Waals surface area contributed by atoms with Crippen molar-refractivity contribution in [3.05, 3.63) is 72.8 Å². The molecule has 0 heterocycles. The number of hydrogen-bond acceptors (Lipinski definition) is 6. The maximum Gasteiger partial charge on any atom is 0.534 e. The van der Waals surface area contributed by atoms with Crippen molar-refractivity contribution in [2.24, 2.45) is 0 Å². The van der Waals surface area contributed by atoms with Crippen LogP contribution in [-0.4, -0.2) is 27.9 Å². The zero-order chi connectivity index (χ0) is 26.5. The van der Waals surface area contributed by atoms with Gasteiger partial charge in [0.05, 0.1) is 0 Å². The number of hydrogen-bond donors (Lipinski definition) is 0. The molecule has 4 rings (SSSR count). The molecule has 0 aliphatic heterocycles. The Labute approximate surface area is 199 Å². The van der Waals surface area contributed by atoms with Gasteiger partial charge in [-0.1, -0.05) is 66.7 Å². The molecule has 36 heavy (non-hydrogen) atoms. The molecule has 0 fully saturated rings. The van der Waals surface area contributed by atoms with Crippen molar-refractivity contribution in [1.82, 2.24) is 0 Å². The Morgan fingerprint density at radius 3 is 1.69 bits per heavy atom. The van der Waals surface area contributed by atoms with Gasteiger partial charge in [0, 0.05) is 5.56 Å². The monoisotopic (exact) mass is 550 g/mol. The van der Waals surface area contributed by atoms with Gasteiger partial charge in [0.25, 0.3) is 0 Å². The highest BCUT2D eigenvalue weighted by Gasteiger charge is 2.51. The average molecular weight is 550 g/mol. The van der Waals surface area contributed by atoms with Gasteiger partial charge in [0.1, 0.15) is 0 Å². The van der Waals surface area contributed by atoms with Crippen molar-refractivity contribution in [2.45, 2.75) is 11.0 Å². The molecule has 0 spiro atoms. The van der Waals surface area contributed by atoms with Crippen LogP contribution >= 0.6 is 0 Å². The largest absolute Gasteiger partial charge is 0.534 e. The van der Waals surface area contributed by atoms with Crippen LogP contribution in [0.1, 0.15) is 0 Å². The van der Waals surface area contributed by atoms with Crippen molar-refractivity contribution in [1.29, 1.82) is 0 Å². The van der Waals surface area contributed by atoms with E-state index in [0.717, 1.165) is 0 Å². The second kappa shape index (κ2) is 8.55. The summed E-state index contributed by atoms with van der Waals surface area (Å²) >= 11 is 0. The molecule has 0 aliphatic carbocycles. The second-order valence-electron chi connectivity index (χ2n) is 7.29. The van der Waals surface area contributed by atoms with E-state index >= 15 is 0 Å². The summed E-state index contributed by atoms with van der Waals surface area (Å²) in [7, 11) is -12.9. The molecule has 0 unspecified atom stereocenters. The molecule has 0 atom stereocenters. The summed E-state index contributed by atoms with van der Waals surface area (Å²) in [6.45, 7) is 0. The Balaban J connectivity index is 2.16. The van der Waals surface area contributed by atoms with Gasteiger partial charge in [0.15, 0.2) is 11.5 Å². The first-order valence-electron chi connectivity index (χ1n) is 9.68. The summed E-state index contributed by atoms with van der Waals surface area (Å²) in [4.78, 5) is 0. The van der Waals surface area contributed by atoms with Crippen LogP contribution in [0.4, 0.5) is 26.3 Å². The van der Waals surface area contributed by atoms with E-state index in [1.807, 2.05) is 0 Å². The highest BCUT2D eigenvalue weighted by molar-refractivity contribution is 7.88. The van der Waals surface area contributed by atoms with Crippen LogP contribution < -0.4 is 8.37 Å². The summed E-state index contributed by atoms with van der Waals surface area (Å²) in [5, 5.41) is 0.982. The normalized spacial score (nSPS) is 13.2. The van der Waals surface area contributed by atoms with Crippen LogP contribution in [0.25, 0.3) is 32.7 Å². The SMILES string of the molecule is O=S(=O)(Oc1cc2ccccc2c(-c2cccc3ccccc23)c1OS(=O)(=O)C(F)(F)F)C(F)(F)F. The van der Waals surface area contributed by atoms with E-state index in [-0.39, 0.29) is 16.3 Å². The molecule has 0 radical (unpaired) electrons. The lowest BCUT2D eigenvalue weighted by atomic mass is 9.93. The first kappa shape index (κ1) is 25.6. The molecule has 0 bridgehead atoms. The fraction of sp³-hybridized carbons (Fsp3) is 0.0909. The van der Waals surface area contributed by atoms with Gasteiger partial charge in [-0.3, -0.25) is 0 Å². The molecular formula is C22H12F6O6S2. The Kier molecular flexibility index (Phi) is 6.07. The van der Waals surface area contributed by atoms with Crippen molar-refractivity contribution in [3.63, 3.8) is 0 Å². The number of rotatable bonds is 5. The summed E-state index contributed by atoms with van der Waals surface area (Å²) < 4.78 is 135. The molecule has 0 aromatic heterocycles. The third kappa shape index (κ3) is 4.53. The van der Waals surface area contributed by atoms with Crippen molar-refractivity contribution in [2.75, 3.05) is 0 Å². The Bertz CT molecular complexity index is 1690. The van der Waals surface area contributed by atoms with Crippen LogP contribution in [0.3, 0.4) is 0 Å². The highest BCUT2D eigenvalue weighted by Crippen LogP contribution is 2.48. The third-order valence-electron chi connectivity index (χ3n) is 4.99. The predicted molar refractivity (Wildman–Crippen MR) is 118 cm³/mol. The van der Waals surface area contributed by atoms with Gasteiger partial charge >= 0.3 is 31.3 Å². The quantitative estimate of drug-likeness (QED) is 0.169. The van der Waals surface area contributed by atoms with Crippen molar-refractivity contribution in [3.8, 4) is 22.6 Å². The van der Waals surface area contributed by atoms with Gasteiger partial charge < -0.3 is 8.37 Å². The Morgan fingerprint density at radius 2 is 1.08 bits per heavy atom. The van der Waals surface area contributed by atoms with Crippen molar-refractivity contribution < 1.29 is 51.5 Å². The number of fused-ring (bicyclic) bond motifs is 2. The van der Waals surface area contributed by atoms with Gasteiger partial charge in [-0.25, -0.2) is 0 Å². The molecular weight excluding hydrogens is 538 g/mol. The fourth-order valence-corrected chi connectivity index (χ4v) is 4.41. The lowest BCUT2D eigenvalue weighted by Gasteiger charge is -2.20. The van der Waals surface area contributed by atoms with Crippen LogP contribution in [0.5, 0.6) is 11.5 Å². The minimum atomic E-state index is -6.47. The minimum Gasteiger partial charge on any atom is -0.372 e. The first-order valence-corrected chi connectivity index (χ1v) is 12.5. The molecule has 14 heteroatoms. The number of alkyl halides is 6.